The summed E-state index contributed by atoms with van der Waals surface area (Å²) >= 11 is 3.50. The van der Waals surface area contributed by atoms with Crippen LogP contribution in [-0.4, -0.2) is 21.9 Å². The van der Waals surface area contributed by atoms with Crippen LogP contribution in [0.1, 0.15) is 31.7 Å². The molecule has 0 aromatic carbocycles. The molecule has 0 aliphatic heterocycles. The number of rotatable bonds is 5. The third kappa shape index (κ3) is 3.30. The summed E-state index contributed by atoms with van der Waals surface area (Å²) in [6.07, 6.45) is 1.01. The second kappa shape index (κ2) is 5.65. The third-order valence-electron chi connectivity index (χ3n) is 2.77. The van der Waals surface area contributed by atoms with Gasteiger partial charge in [0.2, 0.25) is 0 Å². The van der Waals surface area contributed by atoms with E-state index >= 15 is 0 Å². The Hall–Kier alpha value is -0.860. The number of nitriles is 1. The number of halogens is 1. The highest BCUT2D eigenvalue weighted by molar-refractivity contribution is 9.10. The fraction of sp³-hybridized carbons (Fsp3) is 0.667. The van der Waals surface area contributed by atoms with Crippen LogP contribution in [0.15, 0.2) is 4.47 Å². The van der Waals surface area contributed by atoms with Crippen LogP contribution in [0.25, 0.3) is 0 Å². The van der Waals surface area contributed by atoms with E-state index < -0.39 is 5.54 Å². The maximum Gasteiger partial charge on any atom is 0.123 e. The van der Waals surface area contributed by atoms with Crippen LogP contribution in [0.4, 0.5) is 0 Å². The largest absolute Gasteiger partial charge is 0.298 e. The minimum absolute atomic E-state index is 0.557. The standard InChI is InChI=1S/C12H19BrN4/c1-5-6-15-12(4,7-14)8-17-10(3)11(13)9(2)16-17/h15H,5-6,8H2,1-4H3. The van der Waals surface area contributed by atoms with Crippen molar-refractivity contribution in [3.63, 3.8) is 0 Å². The van der Waals surface area contributed by atoms with Crippen molar-refractivity contribution in [3.05, 3.63) is 15.9 Å². The van der Waals surface area contributed by atoms with E-state index in [-0.39, 0.29) is 0 Å². The first kappa shape index (κ1) is 14.2. The highest BCUT2D eigenvalue weighted by Gasteiger charge is 2.25. The van der Waals surface area contributed by atoms with E-state index in [0.29, 0.717) is 6.54 Å². The Labute approximate surface area is 111 Å². The number of nitrogens with zero attached hydrogens (tertiary/aromatic N) is 3. The number of hydrogen-bond donors (Lipinski definition) is 1. The molecule has 0 spiro atoms. The molecule has 1 aromatic rings. The second-order valence-corrected chi connectivity index (χ2v) is 5.31. The Bertz CT molecular complexity index is 432. The molecular formula is C12H19BrN4. The highest BCUT2D eigenvalue weighted by Crippen LogP contribution is 2.21. The molecule has 1 atom stereocenters. The summed E-state index contributed by atoms with van der Waals surface area (Å²) in [6, 6.07) is 2.33. The molecule has 1 aromatic heterocycles. The van der Waals surface area contributed by atoms with E-state index in [9.17, 15) is 5.26 Å². The number of aromatic nitrogens is 2. The summed E-state index contributed by atoms with van der Waals surface area (Å²) < 4.78 is 2.90. The lowest BCUT2D eigenvalue weighted by atomic mass is 10.0. The first-order valence-corrected chi connectivity index (χ1v) is 6.58. The molecule has 0 radical (unpaired) electrons. The predicted octanol–water partition coefficient (Wildman–Crippen LogP) is 2.54. The minimum atomic E-state index is -0.571. The normalized spacial score (nSPS) is 14.4. The van der Waals surface area contributed by atoms with Crippen molar-refractivity contribution < 1.29 is 0 Å². The molecule has 17 heavy (non-hydrogen) atoms. The molecule has 0 saturated carbocycles. The maximum atomic E-state index is 9.27. The molecule has 0 aliphatic rings. The maximum absolute atomic E-state index is 9.27. The molecule has 1 rings (SSSR count). The minimum Gasteiger partial charge on any atom is -0.298 e. The van der Waals surface area contributed by atoms with Gasteiger partial charge in [0, 0.05) is 5.69 Å². The van der Waals surface area contributed by atoms with Gasteiger partial charge in [-0.05, 0) is 49.7 Å². The summed E-state index contributed by atoms with van der Waals surface area (Å²) in [4.78, 5) is 0. The van der Waals surface area contributed by atoms with Crippen molar-refractivity contribution in [1.82, 2.24) is 15.1 Å². The highest BCUT2D eigenvalue weighted by atomic mass is 79.9. The Morgan fingerprint density at radius 2 is 2.18 bits per heavy atom. The van der Waals surface area contributed by atoms with Crippen LogP contribution in [0.5, 0.6) is 0 Å². The van der Waals surface area contributed by atoms with Crippen molar-refractivity contribution in [3.8, 4) is 6.07 Å². The molecule has 1 heterocycles. The zero-order valence-corrected chi connectivity index (χ0v) is 12.4. The lowest BCUT2D eigenvalue weighted by molar-refractivity contribution is 0.366. The second-order valence-electron chi connectivity index (χ2n) is 4.51. The number of aryl methyl sites for hydroxylation is 1. The average molecular weight is 299 g/mol. The average Bonchev–Trinajstić information content (AvgIpc) is 2.54. The number of hydrogen-bond acceptors (Lipinski definition) is 3. The van der Waals surface area contributed by atoms with Crippen LogP contribution >= 0.6 is 15.9 Å². The van der Waals surface area contributed by atoms with Crippen LogP contribution in [-0.2, 0) is 6.54 Å². The molecule has 0 aliphatic carbocycles. The van der Waals surface area contributed by atoms with E-state index in [1.54, 1.807) is 0 Å². The molecule has 94 valence electrons. The van der Waals surface area contributed by atoms with E-state index in [0.717, 1.165) is 28.8 Å². The number of nitrogens with one attached hydrogen (secondary N) is 1. The monoisotopic (exact) mass is 298 g/mol. The van der Waals surface area contributed by atoms with Crippen molar-refractivity contribution in [2.45, 2.75) is 46.2 Å². The van der Waals surface area contributed by atoms with Gasteiger partial charge in [-0.1, -0.05) is 6.92 Å². The molecule has 1 N–H and O–H groups in total. The quantitative estimate of drug-likeness (QED) is 0.909. The van der Waals surface area contributed by atoms with Crippen molar-refractivity contribution in [2.75, 3.05) is 6.54 Å². The SMILES string of the molecule is CCCNC(C)(C#N)Cn1nc(C)c(Br)c1C. The first-order chi connectivity index (χ1) is 7.93. The lowest BCUT2D eigenvalue weighted by Gasteiger charge is -2.23. The van der Waals surface area contributed by atoms with Gasteiger partial charge in [-0.2, -0.15) is 10.4 Å². The van der Waals surface area contributed by atoms with Crippen molar-refractivity contribution in [2.24, 2.45) is 0 Å². The smallest absolute Gasteiger partial charge is 0.123 e. The third-order valence-corrected chi connectivity index (χ3v) is 3.92. The topological polar surface area (TPSA) is 53.6 Å². The van der Waals surface area contributed by atoms with E-state index in [2.05, 4.69) is 39.3 Å². The van der Waals surface area contributed by atoms with Crippen LogP contribution in [0.2, 0.25) is 0 Å². The summed E-state index contributed by atoms with van der Waals surface area (Å²) in [5.41, 5.74) is 1.44. The van der Waals surface area contributed by atoms with Gasteiger partial charge in [-0.15, -0.1) is 0 Å². The van der Waals surface area contributed by atoms with Gasteiger partial charge in [0.25, 0.3) is 0 Å². The van der Waals surface area contributed by atoms with Crippen molar-refractivity contribution >= 4 is 15.9 Å². The summed E-state index contributed by atoms with van der Waals surface area (Å²) in [5.74, 6) is 0. The van der Waals surface area contributed by atoms with Crippen LogP contribution in [0.3, 0.4) is 0 Å². The van der Waals surface area contributed by atoms with Gasteiger partial charge in [-0.3, -0.25) is 10.00 Å². The van der Waals surface area contributed by atoms with Gasteiger partial charge in [0.05, 0.1) is 22.8 Å². The molecule has 0 saturated heterocycles. The molecule has 0 fully saturated rings. The van der Waals surface area contributed by atoms with E-state index in [1.165, 1.54) is 0 Å². The molecule has 1 unspecified atom stereocenters. The fourth-order valence-corrected chi connectivity index (χ4v) is 1.94. The summed E-state index contributed by atoms with van der Waals surface area (Å²) in [5, 5.41) is 17.0. The Balaban J connectivity index is 2.88. The van der Waals surface area contributed by atoms with Gasteiger partial charge >= 0.3 is 0 Å². The molecular weight excluding hydrogens is 280 g/mol. The van der Waals surface area contributed by atoms with Gasteiger partial charge in [0.15, 0.2) is 0 Å². The van der Waals surface area contributed by atoms with Crippen LogP contribution in [0, 0.1) is 25.2 Å². The zero-order chi connectivity index (χ0) is 13.1. The fourth-order valence-electron chi connectivity index (χ4n) is 1.66. The van der Waals surface area contributed by atoms with Crippen LogP contribution < -0.4 is 5.32 Å². The Morgan fingerprint density at radius 3 is 2.59 bits per heavy atom. The predicted molar refractivity (Wildman–Crippen MR) is 71.7 cm³/mol. The van der Waals surface area contributed by atoms with E-state index in [1.807, 2.05) is 25.5 Å². The molecule has 0 bridgehead atoms. The Morgan fingerprint density at radius 1 is 1.53 bits per heavy atom. The molecule has 4 nitrogen and oxygen atoms in total. The molecule has 0 amide bonds. The lowest BCUT2D eigenvalue weighted by Crippen LogP contribution is -2.45. The summed E-state index contributed by atoms with van der Waals surface area (Å²) in [6.45, 7) is 9.35. The summed E-state index contributed by atoms with van der Waals surface area (Å²) in [7, 11) is 0. The first-order valence-electron chi connectivity index (χ1n) is 5.79. The molecule has 5 heteroatoms. The zero-order valence-electron chi connectivity index (χ0n) is 10.8. The van der Waals surface area contributed by atoms with E-state index in [4.69, 9.17) is 0 Å². The Kier molecular flexibility index (Phi) is 4.72. The van der Waals surface area contributed by atoms with Gasteiger partial charge < -0.3 is 0 Å². The van der Waals surface area contributed by atoms with Gasteiger partial charge in [0.1, 0.15) is 5.54 Å². The van der Waals surface area contributed by atoms with Gasteiger partial charge in [-0.25, -0.2) is 0 Å². The van der Waals surface area contributed by atoms with Crippen molar-refractivity contribution in [1.29, 1.82) is 5.26 Å².